The molecule has 1 saturated heterocycles. The molecule has 0 aromatic heterocycles. The summed E-state index contributed by atoms with van der Waals surface area (Å²) >= 11 is 0. The molecule has 2 aliphatic heterocycles. The minimum Gasteiger partial charge on any atom is -0.481 e. The second kappa shape index (κ2) is 6.58. The van der Waals surface area contributed by atoms with Crippen LogP contribution >= 0.6 is 0 Å². The van der Waals surface area contributed by atoms with Crippen molar-refractivity contribution in [2.75, 3.05) is 26.2 Å². The highest BCUT2D eigenvalue weighted by Crippen LogP contribution is 2.41. The van der Waals surface area contributed by atoms with Crippen LogP contribution in [0.1, 0.15) is 30.4 Å². The number of hydrogen-bond acceptors (Lipinski definition) is 3. The number of carbonyl (C=O) groups is 2. The molecule has 2 heterocycles. The SMILES string of the molecule is O=C(O)CCNC(=O)N1CCC2(CC1)OCCc1ccccc12. The Morgan fingerprint density at radius 2 is 2.00 bits per heavy atom. The van der Waals surface area contributed by atoms with Crippen molar-refractivity contribution in [1.82, 2.24) is 10.2 Å². The zero-order valence-corrected chi connectivity index (χ0v) is 13.1. The Morgan fingerprint density at radius 3 is 2.74 bits per heavy atom. The molecule has 0 saturated carbocycles. The molecule has 2 amide bonds. The number of amides is 2. The summed E-state index contributed by atoms with van der Waals surface area (Å²) in [7, 11) is 0. The van der Waals surface area contributed by atoms with Crippen molar-refractivity contribution >= 4 is 12.0 Å². The molecule has 23 heavy (non-hydrogen) atoms. The molecule has 1 aromatic rings. The standard InChI is InChI=1S/C17H22N2O4/c20-15(21)5-9-18-16(22)19-10-7-17(8-11-19)14-4-2-1-3-13(14)6-12-23-17/h1-4H,5-12H2,(H,18,22)(H,20,21). The van der Waals surface area contributed by atoms with E-state index in [-0.39, 0.29) is 24.6 Å². The van der Waals surface area contributed by atoms with E-state index >= 15 is 0 Å². The summed E-state index contributed by atoms with van der Waals surface area (Å²) in [5.74, 6) is -0.907. The Morgan fingerprint density at radius 1 is 1.26 bits per heavy atom. The number of likely N-dealkylation sites (tertiary alicyclic amines) is 1. The minimum absolute atomic E-state index is 0.0556. The lowest BCUT2D eigenvalue weighted by Gasteiger charge is -2.45. The van der Waals surface area contributed by atoms with Crippen LogP contribution in [0.2, 0.25) is 0 Å². The average molecular weight is 318 g/mol. The molecule has 0 unspecified atom stereocenters. The van der Waals surface area contributed by atoms with Crippen molar-refractivity contribution in [3.63, 3.8) is 0 Å². The van der Waals surface area contributed by atoms with Gasteiger partial charge in [0.1, 0.15) is 0 Å². The Labute approximate surface area is 135 Å². The fourth-order valence-corrected chi connectivity index (χ4v) is 3.49. The van der Waals surface area contributed by atoms with Gasteiger partial charge in [0, 0.05) is 19.6 Å². The van der Waals surface area contributed by atoms with Gasteiger partial charge in [0.05, 0.1) is 18.6 Å². The third-order valence-corrected chi connectivity index (χ3v) is 4.73. The summed E-state index contributed by atoms with van der Waals surface area (Å²) in [6.45, 7) is 2.12. The second-order valence-corrected chi connectivity index (χ2v) is 6.11. The molecule has 0 aliphatic carbocycles. The Bertz CT molecular complexity index is 594. The van der Waals surface area contributed by atoms with Crippen LogP contribution in [-0.4, -0.2) is 48.2 Å². The molecule has 0 atom stereocenters. The van der Waals surface area contributed by atoms with Gasteiger partial charge in [0.15, 0.2) is 0 Å². The Hall–Kier alpha value is -2.08. The molecule has 124 valence electrons. The van der Waals surface area contributed by atoms with Crippen LogP contribution in [0.15, 0.2) is 24.3 Å². The van der Waals surface area contributed by atoms with E-state index in [0.29, 0.717) is 13.1 Å². The number of fused-ring (bicyclic) bond motifs is 2. The van der Waals surface area contributed by atoms with Gasteiger partial charge in [-0.1, -0.05) is 24.3 Å². The largest absolute Gasteiger partial charge is 0.481 e. The number of rotatable bonds is 3. The zero-order valence-electron chi connectivity index (χ0n) is 13.1. The number of benzene rings is 1. The monoisotopic (exact) mass is 318 g/mol. The highest BCUT2D eigenvalue weighted by Gasteiger charge is 2.41. The third-order valence-electron chi connectivity index (χ3n) is 4.73. The number of aliphatic carboxylic acids is 1. The van der Waals surface area contributed by atoms with Crippen molar-refractivity contribution in [2.24, 2.45) is 0 Å². The third kappa shape index (κ3) is 3.32. The Balaban J connectivity index is 1.61. The fraction of sp³-hybridized carbons (Fsp3) is 0.529. The predicted octanol–water partition coefficient (Wildman–Crippen LogP) is 1.73. The van der Waals surface area contributed by atoms with E-state index in [1.54, 1.807) is 4.90 Å². The van der Waals surface area contributed by atoms with Crippen molar-refractivity contribution < 1.29 is 19.4 Å². The molecule has 0 radical (unpaired) electrons. The first-order chi connectivity index (χ1) is 11.1. The van der Waals surface area contributed by atoms with Gasteiger partial charge < -0.3 is 20.1 Å². The minimum atomic E-state index is -0.907. The van der Waals surface area contributed by atoms with Gasteiger partial charge in [-0.25, -0.2) is 4.79 Å². The summed E-state index contributed by atoms with van der Waals surface area (Å²) < 4.78 is 6.14. The van der Waals surface area contributed by atoms with Gasteiger partial charge >= 0.3 is 12.0 Å². The molecule has 1 spiro atoms. The molecule has 6 nitrogen and oxygen atoms in total. The number of carbonyl (C=O) groups excluding carboxylic acids is 1. The van der Waals surface area contributed by atoms with Crippen LogP contribution in [0.3, 0.4) is 0 Å². The van der Waals surface area contributed by atoms with Crippen molar-refractivity contribution in [3.8, 4) is 0 Å². The highest BCUT2D eigenvalue weighted by atomic mass is 16.5. The summed E-state index contributed by atoms with van der Waals surface area (Å²) in [5.41, 5.74) is 2.34. The molecular weight excluding hydrogens is 296 g/mol. The van der Waals surface area contributed by atoms with Gasteiger partial charge in [-0.3, -0.25) is 4.79 Å². The molecule has 3 rings (SSSR count). The van der Waals surface area contributed by atoms with E-state index in [1.165, 1.54) is 11.1 Å². The van der Waals surface area contributed by atoms with Crippen LogP contribution in [0.4, 0.5) is 4.79 Å². The van der Waals surface area contributed by atoms with E-state index < -0.39 is 5.97 Å². The number of ether oxygens (including phenoxy) is 1. The molecule has 1 fully saturated rings. The number of carboxylic acids is 1. The van der Waals surface area contributed by atoms with Crippen LogP contribution < -0.4 is 5.32 Å². The molecule has 2 N–H and O–H groups in total. The summed E-state index contributed by atoms with van der Waals surface area (Å²) in [5, 5.41) is 11.3. The lowest BCUT2D eigenvalue weighted by Crippen LogP contribution is -2.51. The average Bonchev–Trinajstić information content (AvgIpc) is 2.56. The normalized spacial score (nSPS) is 19.2. The van der Waals surface area contributed by atoms with Gasteiger partial charge in [-0.15, -0.1) is 0 Å². The van der Waals surface area contributed by atoms with E-state index in [0.717, 1.165) is 25.9 Å². The van der Waals surface area contributed by atoms with Gasteiger partial charge in [0.2, 0.25) is 0 Å². The number of piperidine rings is 1. The van der Waals surface area contributed by atoms with Crippen LogP contribution in [-0.2, 0) is 21.6 Å². The first-order valence-corrected chi connectivity index (χ1v) is 8.08. The number of carboxylic acid groups (broad SMARTS) is 1. The second-order valence-electron chi connectivity index (χ2n) is 6.11. The van der Waals surface area contributed by atoms with Crippen molar-refractivity contribution in [3.05, 3.63) is 35.4 Å². The first kappa shape index (κ1) is 15.8. The molecular formula is C17H22N2O4. The molecule has 0 bridgehead atoms. The van der Waals surface area contributed by atoms with Gasteiger partial charge in [-0.05, 0) is 30.4 Å². The maximum Gasteiger partial charge on any atom is 0.317 e. The highest BCUT2D eigenvalue weighted by molar-refractivity contribution is 5.75. The number of hydrogen-bond donors (Lipinski definition) is 2. The maximum absolute atomic E-state index is 12.1. The molecule has 2 aliphatic rings. The fourth-order valence-electron chi connectivity index (χ4n) is 3.49. The number of urea groups is 1. The molecule has 6 heteroatoms. The Kier molecular flexibility index (Phi) is 4.52. The number of nitrogens with one attached hydrogen (secondary N) is 1. The summed E-state index contributed by atoms with van der Waals surface area (Å²) in [4.78, 5) is 24.3. The van der Waals surface area contributed by atoms with Crippen LogP contribution in [0, 0.1) is 0 Å². The topological polar surface area (TPSA) is 78.9 Å². The van der Waals surface area contributed by atoms with E-state index in [9.17, 15) is 9.59 Å². The van der Waals surface area contributed by atoms with E-state index in [2.05, 4.69) is 23.5 Å². The predicted molar refractivity (Wildman–Crippen MR) is 84.2 cm³/mol. The lowest BCUT2D eigenvalue weighted by atomic mass is 9.79. The summed E-state index contributed by atoms with van der Waals surface area (Å²) in [6, 6.07) is 8.20. The van der Waals surface area contributed by atoms with E-state index in [4.69, 9.17) is 9.84 Å². The van der Waals surface area contributed by atoms with Gasteiger partial charge in [0.25, 0.3) is 0 Å². The maximum atomic E-state index is 12.1. The quantitative estimate of drug-likeness (QED) is 0.890. The van der Waals surface area contributed by atoms with Crippen LogP contribution in [0.5, 0.6) is 0 Å². The van der Waals surface area contributed by atoms with Crippen molar-refractivity contribution in [1.29, 1.82) is 0 Å². The number of nitrogens with zero attached hydrogens (tertiary/aromatic N) is 1. The first-order valence-electron chi connectivity index (χ1n) is 8.08. The van der Waals surface area contributed by atoms with Crippen LogP contribution in [0.25, 0.3) is 0 Å². The van der Waals surface area contributed by atoms with Gasteiger partial charge in [-0.2, -0.15) is 0 Å². The zero-order chi connectivity index (χ0) is 16.3. The molecule has 1 aromatic carbocycles. The van der Waals surface area contributed by atoms with Crippen molar-refractivity contribution in [2.45, 2.75) is 31.3 Å². The smallest absolute Gasteiger partial charge is 0.317 e. The van der Waals surface area contributed by atoms with E-state index in [1.807, 2.05) is 6.07 Å². The summed E-state index contributed by atoms with van der Waals surface area (Å²) in [6.07, 6.45) is 2.43. The lowest BCUT2D eigenvalue weighted by molar-refractivity contribution is -0.136.